The molecule has 0 bridgehead atoms. The predicted octanol–water partition coefficient (Wildman–Crippen LogP) is 3.67. The Morgan fingerprint density at radius 3 is 2.50 bits per heavy atom. The Morgan fingerprint density at radius 1 is 1.10 bits per heavy atom. The molecule has 2 heterocycles. The third-order valence-corrected chi connectivity index (χ3v) is 6.13. The van der Waals surface area contributed by atoms with E-state index in [-0.39, 0.29) is 24.0 Å². The number of likely N-dealkylation sites (tertiary alicyclic amines) is 1. The van der Waals surface area contributed by atoms with Crippen molar-refractivity contribution in [2.75, 3.05) is 26.2 Å². The third kappa shape index (κ3) is 5.15. The zero-order chi connectivity index (χ0) is 21.3. The number of rotatable bonds is 4. The lowest BCUT2D eigenvalue weighted by Gasteiger charge is -2.33. The number of ether oxygens (including phenoxy) is 2. The fourth-order valence-corrected chi connectivity index (χ4v) is 4.37. The van der Waals surface area contributed by atoms with Crippen molar-refractivity contribution < 1.29 is 19.1 Å². The Labute approximate surface area is 179 Å². The summed E-state index contributed by atoms with van der Waals surface area (Å²) in [4.78, 5) is 26.7. The Hall–Kier alpha value is -2.08. The number of hydrogen-bond donors (Lipinski definition) is 1. The average Bonchev–Trinajstić information content (AvgIpc) is 3.54. The van der Waals surface area contributed by atoms with Crippen molar-refractivity contribution in [2.24, 2.45) is 5.92 Å². The van der Waals surface area contributed by atoms with Crippen molar-refractivity contribution in [3.05, 3.63) is 29.3 Å². The number of carbonyl (C=O) groups is 2. The number of fused-ring (bicyclic) bond motifs is 1. The highest BCUT2D eigenvalue weighted by Gasteiger charge is 2.36. The topological polar surface area (TPSA) is 67.9 Å². The summed E-state index contributed by atoms with van der Waals surface area (Å²) < 4.78 is 11.7. The van der Waals surface area contributed by atoms with Crippen molar-refractivity contribution in [3.63, 3.8) is 0 Å². The van der Waals surface area contributed by atoms with E-state index in [2.05, 4.69) is 17.4 Å². The van der Waals surface area contributed by atoms with Crippen LogP contribution in [0.2, 0.25) is 0 Å². The van der Waals surface area contributed by atoms with Crippen LogP contribution >= 0.6 is 0 Å². The van der Waals surface area contributed by atoms with Crippen LogP contribution in [0.5, 0.6) is 5.75 Å². The molecule has 2 aliphatic heterocycles. The fourth-order valence-electron chi connectivity index (χ4n) is 4.37. The Kier molecular flexibility index (Phi) is 6.05. The molecule has 1 N–H and O–H groups in total. The molecule has 164 valence electrons. The van der Waals surface area contributed by atoms with Gasteiger partial charge in [0.1, 0.15) is 23.2 Å². The molecular formula is C24H34N2O4. The summed E-state index contributed by atoms with van der Waals surface area (Å²) in [6, 6.07) is 6.23. The van der Waals surface area contributed by atoms with Crippen LogP contribution in [0.3, 0.4) is 0 Å². The first-order chi connectivity index (χ1) is 14.3. The van der Waals surface area contributed by atoms with Crippen LogP contribution in [0.4, 0.5) is 4.79 Å². The quantitative estimate of drug-likeness (QED) is 0.814. The minimum absolute atomic E-state index is 0.0267. The van der Waals surface area contributed by atoms with Gasteiger partial charge in [0.25, 0.3) is 0 Å². The molecule has 1 aliphatic carbocycles. The first-order valence-electron chi connectivity index (χ1n) is 11.3. The third-order valence-electron chi connectivity index (χ3n) is 6.13. The van der Waals surface area contributed by atoms with E-state index < -0.39 is 5.60 Å². The van der Waals surface area contributed by atoms with E-state index in [1.165, 1.54) is 11.1 Å². The molecule has 0 aromatic heterocycles. The predicted molar refractivity (Wildman–Crippen MR) is 115 cm³/mol. The molecule has 1 saturated heterocycles. The van der Waals surface area contributed by atoms with E-state index >= 15 is 0 Å². The summed E-state index contributed by atoms with van der Waals surface area (Å²) >= 11 is 0. The second-order valence-electron chi connectivity index (χ2n) is 9.83. The molecule has 4 rings (SSSR count). The largest absolute Gasteiger partial charge is 0.490 e. The maximum atomic E-state index is 12.7. The van der Waals surface area contributed by atoms with Gasteiger partial charge in [-0.1, -0.05) is 6.07 Å². The monoisotopic (exact) mass is 414 g/mol. The van der Waals surface area contributed by atoms with E-state index in [1.807, 2.05) is 26.8 Å². The van der Waals surface area contributed by atoms with Gasteiger partial charge in [-0.05, 0) is 69.8 Å². The minimum atomic E-state index is -0.472. The van der Waals surface area contributed by atoms with Crippen molar-refractivity contribution in [1.29, 1.82) is 0 Å². The zero-order valence-corrected chi connectivity index (χ0v) is 18.4. The van der Waals surface area contributed by atoms with Crippen molar-refractivity contribution in [2.45, 2.75) is 70.5 Å². The summed E-state index contributed by atoms with van der Waals surface area (Å²) in [6.07, 6.45) is 4.44. The Balaban J connectivity index is 1.36. The van der Waals surface area contributed by atoms with Crippen molar-refractivity contribution in [3.8, 4) is 5.75 Å². The number of carbonyl (C=O) groups excluding carboxylic acids is 2. The van der Waals surface area contributed by atoms with Gasteiger partial charge in [0.05, 0.1) is 5.92 Å². The van der Waals surface area contributed by atoms with E-state index in [1.54, 1.807) is 4.90 Å². The van der Waals surface area contributed by atoms with Crippen LogP contribution < -0.4 is 10.1 Å². The van der Waals surface area contributed by atoms with Gasteiger partial charge in [0, 0.05) is 38.4 Å². The van der Waals surface area contributed by atoms with E-state index in [0.717, 1.165) is 50.9 Å². The highest BCUT2D eigenvalue weighted by molar-refractivity contribution is 5.90. The summed E-state index contributed by atoms with van der Waals surface area (Å²) in [7, 11) is 0. The van der Waals surface area contributed by atoms with Gasteiger partial charge in [-0.15, -0.1) is 0 Å². The van der Waals surface area contributed by atoms with Gasteiger partial charge >= 0.3 is 6.09 Å². The molecule has 6 heteroatoms. The standard InChI is InChI=1S/C24H34N2O4/c1-24(2,3)30-23(28)26-12-9-18(10-13-26)29-19-6-7-20-17(14-19)8-11-25-15-21(20)22(27)16-4-5-16/h6-7,14,16,18,21,25H,4-5,8-13,15H2,1-3H3. The van der Waals surface area contributed by atoms with E-state index in [4.69, 9.17) is 9.47 Å². The van der Waals surface area contributed by atoms with E-state index in [9.17, 15) is 9.59 Å². The Bertz CT molecular complexity index is 789. The smallest absolute Gasteiger partial charge is 0.410 e. The highest BCUT2D eigenvalue weighted by atomic mass is 16.6. The number of amides is 1. The second kappa shape index (κ2) is 8.58. The zero-order valence-electron chi connectivity index (χ0n) is 18.4. The SMILES string of the molecule is CC(C)(C)OC(=O)N1CCC(Oc2ccc3c(c2)CCNCC3C(=O)C2CC2)CC1. The fraction of sp³-hybridized carbons (Fsp3) is 0.667. The number of nitrogens with zero attached hydrogens (tertiary/aromatic N) is 1. The van der Waals surface area contributed by atoms with Gasteiger partial charge in [0.2, 0.25) is 0 Å². The Morgan fingerprint density at radius 2 is 1.83 bits per heavy atom. The molecule has 1 atom stereocenters. The molecule has 1 saturated carbocycles. The normalized spacial score (nSPS) is 22.8. The van der Waals surface area contributed by atoms with Gasteiger partial charge in [-0.3, -0.25) is 4.79 Å². The first-order valence-corrected chi connectivity index (χ1v) is 11.3. The number of nitrogens with one attached hydrogen (secondary N) is 1. The summed E-state index contributed by atoms with van der Waals surface area (Å²) in [5.74, 6) is 1.51. The molecule has 1 unspecified atom stereocenters. The highest BCUT2D eigenvalue weighted by Crippen LogP contribution is 2.37. The molecule has 30 heavy (non-hydrogen) atoms. The lowest BCUT2D eigenvalue weighted by molar-refractivity contribution is -0.121. The summed E-state index contributed by atoms with van der Waals surface area (Å²) in [5.41, 5.74) is 1.92. The number of benzene rings is 1. The number of Topliss-reactive ketones (excluding diaryl/α,β-unsaturated/α-hetero) is 1. The van der Waals surface area contributed by atoms with Crippen LogP contribution in [0.25, 0.3) is 0 Å². The molecule has 1 amide bonds. The molecular weight excluding hydrogens is 380 g/mol. The van der Waals surface area contributed by atoms with Crippen LogP contribution in [0.1, 0.15) is 63.5 Å². The van der Waals surface area contributed by atoms with Gasteiger partial charge in [-0.2, -0.15) is 0 Å². The maximum Gasteiger partial charge on any atom is 0.410 e. The number of hydrogen-bond acceptors (Lipinski definition) is 5. The second-order valence-corrected chi connectivity index (χ2v) is 9.83. The number of piperidine rings is 1. The maximum absolute atomic E-state index is 12.7. The van der Waals surface area contributed by atoms with Crippen molar-refractivity contribution >= 4 is 11.9 Å². The molecule has 0 spiro atoms. The van der Waals surface area contributed by atoms with Crippen LogP contribution in [-0.2, 0) is 16.0 Å². The van der Waals surface area contributed by atoms with Gasteiger partial charge in [0.15, 0.2) is 0 Å². The van der Waals surface area contributed by atoms with E-state index in [0.29, 0.717) is 18.9 Å². The van der Waals surface area contributed by atoms with Crippen molar-refractivity contribution in [1.82, 2.24) is 10.2 Å². The molecule has 6 nitrogen and oxygen atoms in total. The summed E-state index contributed by atoms with van der Waals surface area (Å²) in [5, 5.41) is 3.43. The molecule has 2 fully saturated rings. The lowest BCUT2D eigenvalue weighted by Crippen LogP contribution is -2.44. The van der Waals surface area contributed by atoms with Crippen LogP contribution in [-0.4, -0.2) is 54.7 Å². The van der Waals surface area contributed by atoms with Crippen LogP contribution in [0, 0.1) is 5.92 Å². The van der Waals surface area contributed by atoms with Gasteiger partial charge in [-0.25, -0.2) is 4.79 Å². The number of ketones is 1. The summed E-state index contributed by atoms with van der Waals surface area (Å²) in [6.45, 7) is 8.58. The average molecular weight is 415 g/mol. The first kappa shape index (κ1) is 21.2. The minimum Gasteiger partial charge on any atom is -0.490 e. The van der Waals surface area contributed by atoms with Gasteiger partial charge < -0.3 is 19.7 Å². The lowest BCUT2D eigenvalue weighted by atomic mass is 9.88. The molecule has 0 radical (unpaired) electrons. The molecule has 1 aromatic carbocycles. The molecule has 3 aliphatic rings. The molecule has 1 aromatic rings. The van der Waals surface area contributed by atoms with Crippen LogP contribution in [0.15, 0.2) is 18.2 Å².